The van der Waals surface area contributed by atoms with Crippen molar-refractivity contribution in [1.82, 2.24) is 5.32 Å². The second-order valence-electron chi connectivity index (χ2n) is 5.62. The van der Waals surface area contributed by atoms with Crippen LogP contribution in [0.5, 0.6) is 0 Å². The van der Waals surface area contributed by atoms with Crippen molar-refractivity contribution in [3.05, 3.63) is 33.8 Å². The van der Waals surface area contributed by atoms with Gasteiger partial charge >= 0.3 is 5.97 Å². The topological polar surface area (TPSA) is 58.6 Å². The average molecular weight is 356 g/mol. The van der Waals surface area contributed by atoms with Gasteiger partial charge in [0.15, 0.2) is 0 Å². The predicted octanol–water partition coefficient (Wildman–Crippen LogP) is 2.88. The van der Waals surface area contributed by atoms with E-state index < -0.39 is 0 Å². The number of rotatable bonds is 5. The minimum Gasteiger partial charge on any atom is -0.465 e. The van der Waals surface area contributed by atoms with E-state index in [2.05, 4.69) is 21.2 Å². The van der Waals surface area contributed by atoms with E-state index in [0.717, 1.165) is 42.4 Å². The van der Waals surface area contributed by atoms with Gasteiger partial charge in [0.25, 0.3) is 0 Å². The van der Waals surface area contributed by atoms with Gasteiger partial charge in [0.2, 0.25) is 0 Å². The molecule has 2 unspecified atom stereocenters. The molecule has 0 radical (unpaired) electrons. The monoisotopic (exact) mass is 355 g/mol. The fourth-order valence-corrected chi connectivity index (χ4v) is 3.31. The van der Waals surface area contributed by atoms with E-state index in [1.54, 1.807) is 12.1 Å². The Balaban J connectivity index is 1.84. The maximum Gasteiger partial charge on any atom is 0.337 e. The molecule has 1 aliphatic rings. The number of methoxy groups -OCH3 is 1. The quantitative estimate of drug-likeness (QED) is 0.797. The highest BCUT2D eigenvalue weighted by molar-refractivity contribution is 9.10. The maximum atomic E-state index is 11.4. The molecule has 0 bridgehead atoms. The van der Waals surface area contributed by atoms with Gasteiger partial charge in [0.1, 0.15) is 0 Å². The lowest BCUT2D eigenvalue weighted by Crippen LogP contribution is -2.29. The first-order chi connectivity index (χ1) is 10.1. The van der Waals surface area contributed by atoms with Gasteiger partial charge in [-0.3, -0.25) is 0 Å². The maximum absolute atomic E-state index is 11.4. The summed E-state index contributed by atoms with van der Waals surface area (Å²) in [5.41, 5.74) is 1.66. The van der Waals surface area contributed by atoms with Crippen LogP contribution in [0.4, 0.5) is 0 Å². The molecule has 1 fully saturated rings. The van der Waals surface area contributed by atoms with Gasteiger partial charge in [0, 0.05) is 11.0 Å². The molecule has 4 nitrogen and oxygen atoms in total. The minimum atomic E-state index is -0.327. The molecule has 2 rings (SSSR count). The molecule has 21 heavy (non-hydrogen) atoms. The fraction of sp³-hybridized carbons (Fsp3) is 0.562. The molecule has 0 saturated heterocycles. The SMILES string of the molecule is COC(=O)c1ccc(CNCC2CCCC(O)C2)c(Br)c1. The number of aliphatic hydroxyl groups excluding tert-OH is 1. The molecular weight excluding hydrogens is 334 g/mol. The fourth-order valence-electron chi connectivity index (χ4n) is 2.79. The number of aliphatic hydroxyl groups is 1. The number of carbonyl (C=O) groups excluding carboxylic acids is 1. The van der Waals surface area contributed by atoms with Crippen LogP contribution in [-0.4, -0.2) is 30.8 Å². The summed E-state index contributed by atoms with van der Waals surface area (Å²) in [6.07, 6.45) is 4.01. The Kier molecular flexibility index (Phi) is 6.21. The molecule has 0 aromatic heterocycles. The molecule has 0 aliphatic heterocycles. The van der Waals surface area contributed by atoms with E-state index >= 15 is 0 Å². The Morgan fingerprint density at radius 3 is 2.95 bits per heavy atom. The molecule has 0 heterocycles. The van der Waals surface area contributed by atoms with E-state index in [4.69, 9.17) is 4.74 Å². The first-order valence-electron chi connectivity index (χ1n) is 7.35. The third-order valence-corrected chi connectivity index (χ3v) is 4.72. The van der Waals surface area contributed by atoms with E-state index in [1.807, 2.05) is 6.07 Å². The lowest BCUT2D eigenvalue weighted by Gasteiger charge is -2.26. The standard InChI is InChI=1S/C16H22BrNO3/c1-21-16(20)12-5-6-13(15(17)8-12)10-18-9-11-3-2-4-14(19)7-11/h5-6,8,11,14,18-19H,2-4,7,9-10H2,1H3. The average Bonchev–Trinajstić information content (AvgIpc) is 2.48. The van der Waals surface area contributed by atoms with Crippen LogP contribution in [0.2, 0.25) is 0 Å². The summed E-state index contributed by atoms with van der Waals surface area (Å²) in [5.74, 6) is 0.230. The summed E-state index contributed by atoms with van der Waals surface area (Å²) in [6.45, 7) is 1.66. The van der Waals surface area contributed by atoms with Crippen molar-refractivity contribution in [2.45, 2.75) is 38.3 Å². The van der Waals surface area contributed by atoms with E-state index in [-0.39, 0.29) is 12.1 Å². The zero-order valence-electron chi connectivity index (χ0n) is 12.3. The highest BCUT2D eigenvalue weighted by Gasteiger charge is 2.19. The Morgan fingerprint density at radius 2 is 2.29 bits per heavy atom. The molecule has 5 heteroatoms. The van der Waals surface area contributed by atoms with E-state index in [9.17, 15) is 9.90 Å². The normalized spacial score (nSPS) is 22.0. The first kappa shape index (κ1) is 16.5. The van der Waals surface area contributed by atoms with Crippen LogP contribution in [-0.2, 0) is 11.3 Å². The van der Waals surface area contributed by atoms with Crippen molar-refractivity contribution in [1.29, 1.82) is 0 Å². The number of nitrogens with one attached hydrogen (secondary N) is 1. The summed E-state index contributed by atoms with van der Waals surface area (Å²) in [6, 6.07) is 5.49. The second-order valence-corrected chi connectivity index (χ2v) is 6.47. The number of halogens is 1. The van der Waals surface area contributed by atoms with Crippen LogP contribution in [0, 0.1) is 5.92 Å². The number of ether oxygens (including phenoxy) is 1. The zero-order chi connectivity index (χ0) is 15.2. The molecule has 0 amide bonds. The lowest BCUT2D eigenvalue weighted by atomic mass is 9.87. The lowest BCUT2D eigenvalue weighted by molar-refractivity contribution is 0.0600. The first-order valence-corrected chi connectivity index (χ1v) is 8.15. The molecule has 116 valence electrons. The van der Waals surface area contributed by atoms with Crippen molar-refractivity contribution >= 4 is 21.9 Å². The highest BCUT2D eigenvalue weighted by atomic mass is 79.9. The van der Waals surface area contributed by atoms with Gasteiger partial charge in [-0.15, -0.1) is 0 Å². The van der Waals surface area contributed by atoms with E-state index in [0.29, 0.717) is 11.5 Å². The number of hydrogen-bond donors (Lipinski definition) is 2. The summed E-state index contributed by atoms with van der Waals surface area (Å²) < 4.78 is 5.61. The molecule has 2 N–H and O–H groups in total. The van der Waals surface area contributed by atoms with Gasteiger partial charge < -0.3 is 15.2 Å². The van der Waals surface area contributed by atoms with Gasteiger partial charge in [0.05, 0.1) is 18.8 Å². The van der Waals surface area contributed by atoms with Crippen molar-refractivity contribution in [3.63, 3.8) is 0 Å². The summed E-state index contributed by atoms with van der Waals surface area (Å²) in [7, 11) is 1.38. The number of hydrogen-bond acceptors (Lipinski definition) is 4. The number of carbonyl (C=O) groups is 1. The van der Waals surface area contributed by atoms with Crippen LogP contribution in [0.15, 0.2) is 22.7 Å². The van der Waals surface area contributed by atoms with Crippen LogP contribution < -0.4 is 5.32 Å². The molecule has 2 atom stereocenters. The van der Waals surface area contributed by atoms with Crippen molar-refractivity contribution in [3.8, 4) is 0 Å². The molecule has 1 aromatic rings. The highest BCUT2D eigenvalue weighted by Crippen LogP contribution is 2.24. The third kappa shape index (κ3) is 4.80. The third-order valence-electron chi connectivity index (χ3n) is 3.98. The Morgan fingerprint density at radius 1 is 1.48 bits per heavy atom. The second kappa shape index (κ2) is 7.92. The Labute approximate surface area is 134 Å². The summed E-state index contributed by atoms with van der Waals surface area (Å²) in [4.78, 5) is 11.4. The summed E-state index contributed by atoms with van der Waals surface area (Å²) in [5, 5.41) is 13.1. The molecule has 1 aliphatic carbocycles. The largest absolute Gasteiger partial charge is 0.465 e. The van der Waals surface area contributed by atoms with Crippen LogP contribution >= 0.6 is 15.9 Å². The Hall–Kier alpha value is -0.910. The summed E-state index contributed by atoms with van der Waals surface area (Å²) >= 11 is 3.49. The predicted molar refractivity (Wildman–Crippen MR) is 85.2 cm³/mol. The van der Waals surface area contributed by atoms with Gasteiger partial charge in [-0.05, 0) is 49.4 Å². The molecule has 0 spiro atoms. The molecular formula is C16H22BrNO3. The van der Waals surface area contributed by atoms with Crippen LogP contribution in [0.3, 0.4) is 0 Å². The van der Waals surface area contributed by atoms with Crippen molar-refractivity contribution < 1.29 is 14.6 Å². The molecule has 1 aromatic carbocycles. The zero-order valence-corrected chi connectivity index (χ0v) is 13.9. The van der Waals surface area contributed by atoms with Crippen molar-refractivity contribution in [2.75, 3.05) is 13.7 Å². The van der Waals surface area contributed by atoms with E-state index in [1.165, 1.54) is 13.5 Å². The van der Waals surface area contributed by atoms with Crippen molar-refractivity contribution in [2.24, 2.45) is 5.92 Å². The van der Waals surface area contributed by atoms with Crippen LogP contribution in [0.1, 0.15) is 41.6 Å². The molecule has 1 saturated carbocycles. The van der Waals surface area contributed by atoms with Crippen LogP contribution in [0.25, 0.3) is 0 Å². The smallest absolute Gasteiger partial charge is 0.337 e. The van der Waals surface area contributed by atoms with Gasteiger partial charge in [-0.2, -0.15) is 0 Å². The van der Waals surface area contributed by atoms with Gasteiger partial charge in [-0.25, -0.2) is 4.79 Å². The Bertz CT molecular complexity index is 492. The number of benzene rings is 1. The minimum absolute atomic E-state index is 0.128. The van der Waals surface area contributed by atoms with Gasteiger partial charge in [-0.1, -0.05) is 28.4 Å². The number of esters is 1.